The molecule has 90 valence electrons. The molecule has 1 heterocycles. The van der Waals surface area contributed by atoms with E-state index in [1.165, 1.54) is 0 Å². The van der Waals surface area contributed by atoms with Crippen molar-refractivity contribution in [2.45, 2.75) is 33.2 Å². The second-order valence-corrected chi connectivity index (χ2v) is 3.66. The number of nitrogens with one attached hydrogen (secondary N) is 1. The Morgan fingerprint density at radius 2 is 2.12 bits per heavy atom. The molecule has 1 aromatic heterocycles. The predicted octanol–water partition coefficient (Wildman–Crippen LogP) is 0.969. The first-order valence-electron chi connectivity index (χ1n) is 5.50. The molecule has 0 bridgehead atoms. The summed E-state index contributed by atoms with van der Waals surface area (Å²) in [5, 5.41) is 0. The molecule has 0 saturated heterocycles. The Kier molecular flexibility index (Phi) is 4.30. The quantitative estimate of drug-likeness (QED) is 0.509. The molecule has 6 nitrogen and oxygen atoms in total. The van der Waals surface area contributed by atoms with Crippen LogP contribution in [0, 0.1) is 0 Å². The van der Waals surface area contributed by atoms with Crippen LogP contribution in [0.15, 0.2) is 6.07 Å². The van der Waals surface area contributed by atoms with Gasteiger partial charge in [0.2, 0.25) is 5.95 Å². The molecule has 1 rings (SSSR count). The van der Waals surface area contributed by atoms with Crippen LogP contribution in [0.3, 0.4) is 0 Å². The molecular weight excluding hydrogens is 204 g/mol. The van der Waals surface area contributed by atoms with Crippen molar-refractivity contribution in [3.63, 3.8) is 0 Å². The number of hydrogen-bond donors (Lipinski definition) is 3. The molecule has 0 amide bonds. The number of anilines is 3. The summed E-state index contributed by atoms with van der Waals surface area (Å²) < 4.78 is 0. The van der Waals surface area contributed by atoms with Gasteiger partial charge in [-0.1, -0.05) is 6.92 Å². The summed E-state index contributed by atoms with van der Waals surface area (Å²) in [5.41, 5.74) is 8.11. The van der Waals surface area contributed by atoms with E-state index < -0.39 is 0 Å². The van der Waals surface area contributed by atoms with Gasteiger partial charge in [-0.05, 0) is 20.3 Å². The lowest BCUT2D eigenvalue weighted by Gasteiger charge is -2.28. The van der Waals surface area contributed by atoms with Crippen molar-refractivity contribution >= 4 is 17.6 Å². The van der Waals surface area contributed by atoms with E-state index in [-0.39, 0.29) is 5.95 Å². The Bertz CT molecular complexity index is 340. The topological polar surface area (TPSA) is 93.1 Å². The third kappa shape index (κ3) is 2.73. The molecule has 0 aromatic carbocycles. The van der Waals surface area contributed by atoms with E-state index in [4.69, 9.17) is 11.6 Å². The van der Waals surface area contributed by atoms with E-state index >= 15 is 0 Å². The maximum absolute atomic E-state index is 5.62. The lowest BCUT2D eigenvalue weighted by molar-refractivity contribution is 0.623. The van der Waals surface area contributed by atoms with Crippen LogP contribution in [-0.2, 0) is 0 Å². The van der Waals surface area contributed by atoms with Gasteiger partial charge in [0.25, 0.3) is 0 Å². The lowest BCUT2D eigenvalue weighted by atomic mass is 10.2. The van der Waals surface area contributed by atoms with Gasteiger partial charge in [-0.3, -0.25) is 0 Å². The highest BCUT2D eigenvalue weighted by atomic mass is 15.3. The number of nitrogen functional groups attached to an aromatic ring is 2. The van der Waals surface area contributed by atoms with Crippen molar-refractivity contribution in [1.82, 2.24) is 9.97 Å². The summed E-state index contributed by atoms with van der Waals surface area (Å²) in [7, 11) is 0. The summed E-state index contributed by atoms with van der Waals surface area (Å²) in [4.78, 5) is 10.3. The van der Waals surface area contributed by atoms with Crippen LogP contribution in [0.5, 0.6) is 0 Å². The van der Waals surface area contributed by atoms with Gasteiger partial charge in [0.15, 0.2) is 0 Å². The summed E-state index contributed by atoms with van der Waals surface area (Å²) in [5.74, 6) is 6.89. The smallest absolute Gasteiger partial charge is 0.223 e. The van der Waals surface area contributed by atoms with Crippen LogP contribution in [0.1, 0.15) is 27.2 Å². The highest BCUT2D eigenvalue weighted by molar-refractivity contribution is 5.52. The lowest BCUT2D eigenvalue weighted by Crippen LogP contribution is -2.33. The minimum atomic E-state index is 0.229. The Morgan fingerprint density at radius 1 is 1.44 bits per heavy atom. The van der Waals surface area contributed by atoms with Gasteiger partial charge in [0.05, 0.1) is 0 Å². The monoisotopic (exact) mass is 224 g/mol. The molecule has 16 heavy (non-hydrogen) atoms. The van der Waals surface area contributed by atoms with Crippen LogP contribution >= 0.6 is 0 Å². The molecule has 1 atom stereocenters. The van der Waals surface area contributed by atoms with E-state index in [1.807, 2.05) is 0 Å². The second kappa shape index (κ2) is 5.50. The van der Waals surface area contributed by atoms with E-state index in [9.17, 15) is 0 Å². The van der Waals surface area contributed by atoms with Crippen LogP contribution in [0.4, 0.5) is 17.6 Å². The predicted molar refractivity (Wildman–Crippen MR) is 67.0 cm³/mol. The number of nitrogens with zero attached hydrogens (tertiary/aromatic N) is 3. The molecule has 1 unspecified atom stereocenters. The summed E-state index contributed by atoms with van der Waals surface area (Å²) in [6.07, 6.45) is 1.04. The van der Waals surface area contributed by atoms with Gasteiger partial charge in [-0.15, -0.1) is 0 Å². The van der Waals surface area contributed by atoms with Crippen molar-refractivity contribution < 1.29 is 0 Å². The fraction of sp³-hybridized carbons (Fsp3) is 0.600. The Balaban J connectivity index is 3.04. The SMILES string of the molecule is CCC(C)N(CC)c1cc(NN)nc(N)n1. The van der Waals surface area contributed by atoms with Gasteiger partial charge in [-0.25, -0.2) is 5.84 Å². The summed E-state index contributed by atoms with van der Waals surface area (Å²) in [6.45, 7) is 7.24. The molecule has 0 aliphatic heterocycles. The molecule has 1 aromatic rings. The number of aromatic nitrogens is 2. The fourth-order valence-corrected chi connectivity index (χ4v) is 1.59. The molecule has 0 fully saturated rings. The molecule has 0 spiro atoms. The highest BCUT2D eigenvalue weighted by Crippen LogP contribution is 2.19. The average molecular weight is 224 g/mol. The van der Waals surface area contributed by atoms with Crippen molar-refractivity contribution in [1.29, 1.82) is 0 Å². The first-order valence-corrected chi connectivity index (χ1v) is 5.50. The Morgan fingerprint density at radius 3 is 2.62 bits per heavy atom. The van der Waals surface area contributed by atoms with Gasteiger partial charge >= 0.3 is 0 Å². The summed E-state index contributed by atoms with van der Waals surface area (Å²) in [6, 6.07) is 2.20. The van der Waals surface area contributed by atoms with Crippen LogP contribution in [0.25, 0.3) is 0 Å². The average Bonchev–Trinajstić information content (AvgIpc) is 2.29. The van der Waals surface area contributed by atoms with Crippen LogP contribution in [-0.4, -0.2) is 22.6 Å². The van der Waals surface area contributed by atoms with Crippen molar-refractivity contribution in [3.8, 4) is 0 Å². The molecule has 6 heteroatoms. The maximum atomic E-state index is 5.62. The Hall–Kier alpha value is -1.56. The van der Waals surface area contributed by atoms with E-state index in [0.29, 0.717) is 11.9 Å². The fourth-order valence-electron chi connectivity index (χ4n) is 1.59. The zero-order valence-corrected chi connectivity index (χ0v) is 10.1. The van der Waals surface area contributed by atoms with Gasteiger partial charge in [-0.2, -0.15) is 9.97 Å². The highest BCUT2D eigenvalue weighted by Gasteiger charge is 2.13. The standard InChI is InChI=1S/C10H20N6/c1-4-7(3)16(5-2)9-6-8(15-12)13-10(11)14-9/h6-7H,4-5,12H2,1-3H3,(H3,11,13,14,15). The third-order valence-electron chi connectivity index (χ3n) is 2.64. The second-order valence-electron chi connectivity index (χ2n) is 3.66. The largest absolute Gasteiger partial charge is 0.368 e. The number of nitrogens with two attached hydrogens (primary N) is 2. The van der Waals surface area contributed by atoms with Crippen molar-refractivity contribution in [3.05, 3.63) is 6.07 Å². The molecule has 0 aliphatic rings. The van der Waals surface area contributed by atoms with E-state index in [1.54, 1.807) is 6.07 Å². The Labute approximate surface area is 96.0 Å². The molecular formula is C10H20N6. The minimum absolute atomic E-state index is 0.229. The first kappa shape index (κ1) is 12.5. The van der Waals surface area contributed by atoms with Gasteiger partial charge in [0.1, 0.15) is 11.6 Å². The molecule has 0 aliphatic carbocycles. The van der Waals surface area contributed by atoms with E-state index in [2.05, 4.69) is 41.1 Å². The zero-order valence-electron chi connectivity index (χ0n) is 10.1. The number of hydrogen-bond acceptors (Lipinski definition) is 6. The van der Waals surface area contributed by atoms with Crippen LogP contribution < -0.4 is 21.9 Å². The molecule has 5 N–H and O–H groups in total. The van der Waals surface area contributed by atoms with Crippen LogP contribution in [0.2, 0.25) is 0 Å². The minimum Gasteiger partial charge on any atom is -0.368 e. The zero-order chi connectivity index (χ0) is 12.1. The maximum Gasteiger partial charge on any atom is 0.223 e. The van der Waals surface area contributed by atoms with E-state index in [0.717, 1.165) is 18.8 Å². The third-order valence-corrected chi connectivity index (χ3v) is 2.64. The summed E-state index contributed by atoms with van der Waals surface area (Å²) >= 11 is 0. The number of hydrazine groups is 1. The van der Waals surface area contributed by atoms with Crippen molar-refractivity contribution in [2.75, 3.05) is 22.6 Å². The first-order chi connectivity index (χ1) is 7.62. The van der Waals surface area contributed by atoms with Crippen molar-refractivity contribution in [2.24, 2.45) is 5.84 Å². The van der Waals surface area contributed by atoms with Gasteiger partial charge in [0, 0.05) is 18.7 Å². The number of rotatable bonds is 5. The normalized spacial score (nSPS) is 12.2. The molecule has 0 radical (unpaired) electrons. The van der Waals surface area contributed by atoms with Gasteiger partial charge < -0.3 is 16.1 Å². The molecule has 0 saturated carbocycles.